The van der Waals surface area contributed by atoms with Crippen LogP contribution in [0.5, 0.6) is 0 Å². The molecule has 2 nitrogen and oxygen atoms in total. The van der Waals surface area contributed by atoms with Gasteiger partial charge in [-0.05, 0) is 23.9 Å². The molecule has 0 aliphatic rings. The summed E-state index contributed by atoms with van der Waals surface area (Å²) < 4.78 is 0. The van der Waals surface area contributed by atoms with Gasteiger partial charge in [-0.25, -0.2) is 0 Å². The molecule has 0 saturated heterocycles. The second kappa shape index (κ2) is 5.64. The fraction of sp³-hybridized carbons (Fsp3) is 0.214. The van der Waals surface area contributed by atoms with E-state index < -0.39 is 0 Å². The van der Waals surface area contributed by atoms with Gasteiger partial charge in [-0.2, -0.15) is 11.3 Å². The maximum Gasteiger partial charge on any atom is 0.254 e. The van der Waals surface area contributed by atoms with Crippen molar-refractivity contribution in [1.82, 2.24) is 4.90 Å². The highest BCUT2D eigenvalue weighted by atomic mass is 32.1. The molecule has 0 fully saturated rings. The topological polar surface area (TPSA) is 20.3 Å². The summed E-state index contributed by atoms with van der Waals surface area (Å²) in [4.78, 5) is 14.0. The highest BCUT2D eigenvalue weighted by Gasteiger charge is 2.14. The summed E-state index contributed by atoms with van der Waals surface area (Å²) in [5, 5.41) is 3.83. The molecule has 1 aromatic heterocycles. The fourth-order valence-electron chi connectivity index (χ4n) is 1.70. The first kappa shape index (κ1) is 11.9. The second-order valence-corrected chi connectivity index (χ2v) is 4.60. The molecule has 2 aromatic rings. The Bertz CT molecular complexity index is 464. The van der Waals surface area contributed by atoms with E-state index in [9.17, 15) is 4.79 Å². The molecule has 3 heteroatoms. The smallest absolute Gasteiger partial charge is 0.254 e. The van der Waals surface area contributed by atoms with Crippen LogP contribution in [-0.4, -0.2) is 17.4 Å². The number of nitrogens with zero attached hydrogens (tertiary/aromatic N) is 1. The van der Waals surface area contributed by atoms with Crippen molar-refractivity contribution in [2.75, 3.05) is 6.54 Å². The van der Waals surface area contributed by atoms with E-state index in [1.807, 2.05) is 59.0 Å². The molecule has 1 heterocycles. The lowest BCUT2D eigenvalue weighted by Crippen LogP contribution is -2.29. The van der Waals surface area contributed by atoms with Crippen LogP contribution in [0.15, 0.2) is 47.2 Å². The van der Waals surface area contributed by atoms with Crippen molar-refractivity contribution in [3.63, 3.8) is 0 Å². The van der Waals surface area contributed by atoms with E-state index >= 15 is 0 Å². The lowest BCUT2D eigenvalue weighted by atomic mass is 10.2. The number of benzene rings is 1. The molecule has 0 spiro atoms. The average molecular weight is 245 g/mol. The largest absolute Gasteiger partial charge is 0.335 e. The molecule has 0 aliphatic heterocycles. The van der Waals surface area contributed by atoms with Crippen molar-refractivity contribution < 1.29 is 4.79 Å². The summed E-state index contributed by atoms with van der Waals surface area (Å²) in [6.07, 6.45) is 0. The van der Waals surface area contributed by atoms with Gasteiger partial charge in [-0.3, -0.25) is 4.79 Å². The first-order valence-corrected chi connectivity index (χ1v) is 6.61. The maximum atomic E-state index is 12.2. The quantitative estimate of drug-likeness (QED) is 0.808. The van der Waals surface area contributed by atoms with Gasteiger partial charge in [0.1, 0.15) is 0 Å². The van der Waals surface area contributed by atoms with Gasteiger partial charge in [0.05, 0.1) is 5.56 Å². The van der Waals surface area contributed by atoms with Crippen LogP contribution in [0.25, 0.3) is 0 Å². The number of hydrogen-bond acceptors (Lipinski definition) is 2. The van der Waals surface area contributed by atoms with E-state index in [1.54, 1.807) is 11.3 Å². The minimum absolute atomic E-state index is 0.109. The maximum absolute atomic E-state index is 12.2. The summed E-state index contributed by atoms with van der Waals surface area (Å²) in [6, 6.07) is 11.9. The van der Waals surface area contributed by atoms with Gasteiger partial charge < -0.3 is 4.90 Å². The number of amides is 1. The van der Waals surface area contributed by atoms with Crippen LogP contribution in [0.1, 0.15) is 22.8 Å². The van der Waals surface area contributed by atoms with Crippen molar-refractivity contribution in [2.24, 2.45) is 0 Å². The van der Waals surface area contributed by atoms with Crippen LogP contribution in [0.3, 0.4) is 0 Å². The van der Waals surface area contributed by atoms with Gasteiger partial charge >= 0.3 is 0 Å². The van der Waals surface area contributed by atoms with E-state index in [0.29, 0.717) is 6.54 Å². The number of rotatable bonds is 4. The van der Waals surface area contributed by atoms with E-state index in [-0.39, 0.29) is 5.91 Å². The predicted molar refractivity (Wildman–Crippen MR) is 71.2 cm³/mol. The van der Waals surface area contributed by atoms with Gasteiger partial charge in [-0.15, -0.1) is 0 Å². The number of carbonyl (C=O) groups excluding carboxylic acids is 1. The third-order valence-corrected chi connectivity index (χ3v) is 3.34. The summed E-state index contributed by atoms with van der Waals surface area (Å²) in [5.41, 5.74) is 1.95. The van der Waals surface area contributed by atoms with Crippen molar-refractivity contribution in [3.8, 4) is 0 Å². The van der Waals surface area contributed by atoms with Crippen molar-refractivity contribution >= 4 is 17.2 Å². The van der Waals surface area contributed by atoms with Crippen LogP contribution in [0.2, 0.25) is 0 Å². The number of thiophene rings is 1. The summed E-state index contributed by atoms with van der Waals surface area (Å²) in [5.74, 6) is 0.109. The van der Waals surface area contributed by atoms with E-state index in [1.165, 1.54) is 0 Å². The molecule has 0 bridgehead atoms. The standard InChI is InChI=1S/C14H15NOS/c1-2-15(10-12-6-4-3-5-7-12)14(16)13-8-9-17-11-13/h3-9,11H,2,10H2,1H3. The van der Waals surface area contributed by atoms with Gasteiger partial charge in [0, 0.05) is 18.5 Å². The van der Waals surface area contributed by atoms with E-state index in [4.69, 9.17) is 0 Å². The predicted octanol–water partition coefficient (Wildman–Crippen LogP) is 3.41. The van der Waals surface area contributed by atoms with Gasteiger partial charge in [-0.1, -0.05) is 30.3 Å². The molecular formula is C14H15NOS. The summed E-state index contributed by atoms with van der Waals surface area (Å²) in [7, 11) is 0. The van der Waals surface area contributed by atoms with Crippen LogP contribution >= 0.6 is 11.3 Å². The Morgan fingerprint density at radius 1 is 1.24 bits per heavy atom. The summed E-state index contributed by atoms with van der Waals surface area (Å²) >= 11 is 1.55. The SMILES string of the molecule is CCN(Cc1ccccc1)C(=O)c1ccsc1. The Morgan fingerprint density at radius 3 is 2.59 bits per heavy atom. The Hall–Kier alpha value is -1.61. The molecule has 2 rings (SSSR count). The molecule has 0 N–H and O–H groups in total. The molecule has 88 valence electrons. The van der Waals surface area contributed by atoms with Crippen LogP contribution in [0.4, 0.5) is 0 Å². The molecule has 0 unspecified atom stereocenters. The van der Waals surface area contributed by atoms with E-state index in [0.717, 1.165) is 17.7 Å². The van der Waals surface area contributed by atoms with Crippen molar-refractivity contribution in [2.45, 2.75) is 13.5 Å². The lowest BCUT2D eigenvalue weighted by molar-refractivity contribution is 0.0753. The molecule has 0 aliphatic carbocycles. The molecule has 1 aromatic carbocycles. The monoisotopic (exact) mass is 245 g/mol. The highest BCUT2D eigenvalue weighted by molar-refractivity contribution is 7.08. The fourth-order valence-corrected chi connectivity index (χ4v) is 2.33. The molecule has 17 heavy (non-hydrogen) atoms. The molecule has 0 atom stereocenters. The number of carbonyl (C=O) groups is 1. The zero-order chi connectivity index (χ0) is 12.1. The molecule has 0 saturated carbocycles. The first-order chi connectivity index (χ1) is 8.31. The number of hydrogen-bond donors (Lipinski definition) is 0. The van der Waals surface area contributed by atoms with Crippen LogP contribution < -0.4 is 0 Å². The van der Waals surface area contributed by atoms with Crippen LogP contribution in [-0.2, 0) is 6.54 Å². The Labute approximate surface area is 106 Å². The third kappa shape index (κ3) is 2.94. The van der Waals surface area contributed by atoms with Gasteiger partial charge in [0.15, 0.2) is 0 Å². The van der Waals surface area contributed by atoms with Crippen molar-refractivity contribution in [3.05, 3.63) is 58.3 Å². The second-order valence-electron chi connectivity index (χ2n) is 3.82. The lowest BCUT2D eigenvalue weighted by Gasteiger charge is -2.20. The van der Waals surface area contributed by atoms with Crippen molar-refractivity contribution in [1.29, 1.82) is 0 Å². The highest BCUT2D eigenvalue weighted by Crippen LogP contribution is 2.12. The first-order valence-electron chi connectivity index (χ1n) is 5.66. The zero-order valence-corrected chi connectivity index (χ0v) is 10.6. The average Bonchev–Trinajstić information content (AvgIpc) is 2.90. The Morgan fingerprint density at radius 2 is 2.00 bits per heavy atom. The third-order valence-electron chi connectivity index (χ3n) is 2.65. The normalized spacial score (nSPS) is 10.2. The van der Waals surface area contributed by atoms with E-state index in [2.05, 4.69) is 0 Å². The Balaban J connectivity index is 2.10. The zero-order valence-electron chi connectivity index (χ0n) is 9.80. The summed E-state index contributed by atoms with van der Waals surface area (Å²) in [6.45, 7) is 3.41. The molecular weight excluding hydrogens is 230 g/mol. The van der Waals surface area contributed by atoms with Crippen LogP contribution in [0, 0.1) is 0 Å². The molecule has 0 radical (unpaired) electrons. The minimum Gasteiger partial charge on any atom is -0.335 e. The Kier molecular flexibility index (Phi) is 3.94. The van der Waals surface area contributed by atoms with Gasteiger partial charge in [0.25, 0.3) is 5.91 Å². The van der Waals surface area contributed by atoms with Gasteiger partial charge in [0.2, 0.25) is 0 Å². The minimum atomic E-state index is 0.109. The molecule has 1 amide bonds.